The minimum Gasteiger partial charge on any atom is -0.491 e. The van der Waals surface area contributed by atoms with E-state index in [-0.39, 0.29) is 18.2 Å². The number of ketones is 1. The van der Waals surface area contributed by atoms with Crippen molar-refractivity contribution < 1.29 is 19.0 Å². The van der Waals surface area contributed by atoms with Crippen LogP contribution in [0.2, 0.25) is 0 Å². The Kier molecular flexibility index (Phi) is 6.43. The molecule has 1 aromatic heterocycles. The van der Waals surface area contributed by atoms with Gasteiger partial charge in [-0.05, 0) is 55.5 Å². The first-order valence-corrected chi connectivity index (χ1v) is 9.62. The second-order valence-corrected chi connectivity index (χ2v) is 7.22. The highest BCUT2D eigenvalue weighted by molar-refractivity contribution is 7.99. The fourth-order valence-corrected chi connectivity index (χ4v) is 3.30. The molecule has 1 atom stereocenters. The number of aliphatic hydroxyl groups is 1. The number of hydrogen-bond acceptors (Lipinski definition) is 6. The quantitative estimate of drug-likeness (QED) is 0.461. The molecule has 1 N–H and O–H groups in total. The lowest BCUT2D eigenvalue weighted by molar-refractivity contribution is 0.101. The summed E-state index contributed by atoms with van der Waals surface area (Å²) in [4.78, 5) is 11.3. The first kappa shape index (κ1) is 20.0. The van der Waals surface area contributed by atoms with Crippen LogP contribution >= 0.6 is 11.8 Å². The number of thioether (sulfide) groups is 1. The molecule has 146 valence electrons. The van der Waals surface area contributed by atoms with E-state index in [9.17, 15) is 14.3 Å². The predicted octanol–water partition coefficient (Wildman–Crippen LogP) is 3.36. The van der Waals surface area contributed by atoms with Crippen LogP contribution in [0, 0.1) is 5.82 Å². The Labute approximate surface area is 166 Å². The fourth-order valence-electron chi connectivity index (χ4n) is 2.49. The zero-order chi connectivity index (χ0) is 20.1. The second kappa shape index (κ2) is 8.99. The van der Waals surface area contributed by atoms with Gasteiger partial charge < -0.3 is 14.4 Å². The summed E-state index contributed by atoms with van der Waals surface area (Å²) >= 11 is 1.36. The fraction of sp³-hybridized carbons (Fsp3) is 0.250. The number of Topliss-reactive ketones (excluding diaryl/α,β-unsaturated/α-hetero) is 1. The molecule has 2 aromatic carbocycles. The normalized spacial score (nSPS) is 12.0. The van der Waals surface area contributed by atoms with Gasteiger partial charge in [-0.15, -0.1) is 10.2 Å². The van der Waals surface area contributed by atoms with Gasteiger partial charge in [-0.2, -0.15) is 0 Å². The van der Waals surface area contributed by atoms with Crippen LogP contribution in [0.5, 0.6) is 5.75 Å². The van der Waals surface area contributed by atoms with Gasteiger partial charge in [0.15, 0.2) is 16.8 Å². The molecule has 0 radical (unpaired) electrons. The summed E-state index contributed by atoms with van der Waals surface area (Å²) in [6.07, 6.45) is -0.705. The predicted molar refractivity (Wildman–Crippen MR) is 105 cm³/mol. The molecule has 0 amide bonds. The summed E-state index contributed by atoms with van der Waals surface area (Å²) in [6, 6.07) is 12.8. The van der Waals surface area contributed by atoms with Crippen LogP contribution < -0.4 is 4.74 Å². The van der Waals surface area contributed by atoms with Gasteiger partial charge in [-0.25, -0.2) is 4.39 Å². The average molecular weight is 401 g/mol. The van der Waals surface area contributed by atoms with E-state index in [2.05, 4.69) is 10.2 Å². The molecule has 0 spiro atoms. The topological polar surface area (TPSA) is 77.2 Å². The molecule has 8 heteroatoms. The Balaban J connectivity index is 1.52. The molecular formula is C20H20FN3O3S. The van der Waals surface area contributed by atoms with Gasteiger partial charge in [0.1, 0.15) is 18.2 Å². The maximum Gasteiger partial charge on any atom is 0.191 e. The van der Waals surface area contributed by atoms with Gasteiger partial charge in [0.25, 0.3) is 0 Å². The largest absolute Gasteiger partial charge is 0.491 e. The number of aliphatic hydroxyl groups excluding tert-OH is 1. The Morgan fingerprint density at radius 3 is 2.50 bits per heavy atom. The zero-order valence-corrected chi connectivity index (χ0v) is 16.3. The van der Waals surface area contributed by atoms with E-state index in [0.717, 1.165) is 5.56 Å². The van der Waals surface area contributed by atoms with E-state index in [1.807, 2.05) is 7.05 Å². The number of hydrogen-bond donors (Lipinski definition) is 1. The van der Waals surface area contributed by atoms with E-state index < -0.39 is 6.10 Å². The Morgan fingerprint density at radius 1 is 1.18 bits per heavy atom. The highest BCUT2D eigenvalue weighted by Gasteiger charge is 2.14. The van der Waals surface area contributed by atoms with Crippen LogP contribution in [0.3, 0.4) is 0 Å². The Hall–Kier alpha value is -2.71. The van der Waals surface area contributed by atoms with Crippen LogP contribution in [-0.4, -0.2) is 44.1 Å². The molecule has 3 aromatic rings. The van der Waals surface area contributed by atoms with Crippen molar-refractivity contribution in [2.45, 2.75) is 18.2 Å². The summed E-state index contributed by atoms with van der Waals surface area (Å²) < 4.78 is 20.4. The zero-order valence-electron chi connectivity index (χ0n) is 15.5. The van der Waals surface area contributed by atoms with Crippen LogP contribution in [0.25, 0.3) is 11.4 Å². The summed E-state index contributed by atoms with van der Waals surface area (Å²) in [5.41, 5.74) is 1.38. The van der Waals surface area contributed by atoms with E-state index in [1.165, 1.54) is 30.8 Å². The van der Waals surface area contributed by atoms with Crippen molar-refractivity contribution in [3.05, 3.63) is 59.9 Å². The Morgan fingerprint density at radius 2 is 1.86 bits per heavy atom. The third-order valence-electron chi connectivity index (χ3n) is 4.05. The van der Waals surface area contributed by atoms with Crippen LogP contribution in [0.1, 0.15) is 17.3 Å². The SMILES string of the molecule is CC(=O)c1ccc(OC[C@@H](O)CSc2nnc(-c3ccc(F)cc3)n2C)cc1. The van der Waals surface area contributed by atoms with Gasteiger partial charge in [-0.1, -0.05) is 11.8 Å². The number of rotatable bonds is 8. The number of carbonyl (C=O) groups excluding carboxylic acids is 1. The van der Waals surface area contributed by atoms with Crippen molar-refractivity contribution in [3.63, 3.8) is 0 Å². The van der Waals surface area contributed by atoms with Crippen molar-refractivity contribution in [2.75, 3.05) is 12.4 Å². The Bertz CT molecular complexity index is 942. The standard InChI is InChI=1S/C20H20FN3O3S/c1-13(25)14-5-9-18(10-6-14)27-11-17(26)12-28-20-23-22-19(24(20)2)15-3-7-16(21)8-4-15/h3-10,17,26H,11-12H2,1-2H3/t17-/m1/s1. The molecule has 28 heavy (non-hydrogen) atoms. The lowest BCUT2D eigenvalue weighted by atomic mass is 10.1. The van der Waals surface area contributed by atoms with Gasteiger partial charge in [0.05, 0.1) is 6.10 Å². The third-order valence-corrected chi connectivity index (χ3v) is 5.21. The summed E-state index contributed by atoms with van der Waals surface area (Å²) in [5, 5.41) is 19.1. The number of carbonyl (C=O) groups is 1. The molecule has 0 unspecified atom stereocenters. The molecule has 1 heterocycles. The minimum absolute atomic E-state index is 0.00771. The van der Waals surface area contributed by atoms with Gasteiger partial charge in [0.2, 0.25) is 0 Å². The van der Waals surface area contributed by atoms with Crippen molar-refractivity contribution in [1.29, 1.82) is 0 Å². The lowest BCUT2D eigenvalue weighted by Crippen LogP contribution is -2.20. The molecule has 0 bridgehead atoms. The number of aromatic nitrogens is 3. The summed E-state index contributed by atoms with van der Waals surface area (Å²) in [6.45, 7) is 1.62. The van der Waals surface area contributed by atoms with Crippen LogP contribution in [-0.2, 0) is 7.05 Å². The number of benzene rings is 2. The van der Waals surface area contributed by atoms with Crippen LogP contribution in [0.15, 0.2) is 53.7 Å². The molecule has 0 fully saturated rings. The maximum absolute atomic E-state index is 13.1. The number of nitrogens with zero attached hydrogens (tertiary/aromatic N) is 3. The molecule has 0 saturated carbocycles. The lowest BCUT2D eigenvalue weighted by Gasteiger charge is -2.12. The maximum atomic E-state index is 13.1. The van der Waals surface area contributed by atoms with Crippen molar-refractivity contribution >= 4 is 17.5 Å². The molecule has 0 aliphatic rings. The summed E-state index contributed by atoms with van der Waals surface area (Å²) in [5.74, 6) is 1.28. The van der Waals surface area contributed by atoms with Crippen LogP contribution in [0.4, 0.5) is 4.39 Å². The first-order valence-electron chi connectivity index (χ1n) is 8.64. The minimum atomic E-state index is -0.705. The molecular weight excluding hydrogens is 381 g/mol. The van der Waals surface area contributed by atoms with Gasteiger partial charge in [0, 0.05) is 23.9 Å². The number of halogens is 1. The molecule has 6 nitrogen and oxygen atoms in total. The second-order valence-electron chi connectivity index (χ2n) is 6.23. The smallest absolute Gasteiger partial charge is 0.191 e. The van der Waals surface area contributed by atoms with Crippen molar-refractivity contribution in [1.82, 2.24) is 14.8 Å². The molecule has 0 aliphatic carbocycles. The highest BCUT2D eigenvalue weighted by atomic mass is 32.2. The first-order chi connectivity index (χ1) is 13.4. The van der Waals surface area contributed by atoms with E-state index in [4.69, 9.17) is 4.74 Å². The van der Waals surface area contributed by atoms with E-state index >= 15 is 0 Å². The summed E-state index contributed by atoms with van der Waals surface area (Å²) in [7, 11) is 1.82. The highest BCUT2D eigenvalue weighted by Crippen LogP contribution is 2.23. The molecule has 0 saturated heterocycles. The van der Waals surface area contributed by atoms with Crippen molar-refractivity contribution in [3.8, 4) is 17.1 Å². The van der Waals surface area contributed by atoms with E-state index in [0.29, 0.717) is 28.0 Å². The number of ether oxygens (including phenoxy) is 1. The van der Waals surface area contributed by atoms with E-state index in [1.54, 1.807) is 41.0 Å². The third kappa shape index (κ3) is 4.96. The van der Waals surface area contributed by atoms with Gasteiger partial charge in [-0.3, -0.25) is 4.79 Å². The van der Waals surface area contributed by atoms with Crippen molar-refractivity contribution in [2.24, 2.45) is 7.05 Å². The monoisotopic (exact) mass is 401 g/mol. The molecule has 3 rings (SSSR count). The molecule has 0 aliphatic heterocycles. The average Bonchev–Trinajstić information content (AvgIpc) is 3.06. The van der Waals surface area contributed by atoms with Gasteiger partial charge >= 0.3 is 0 Å².